The van der Waals surface area contributed by atoms with Gasteiger partial charge in [-0.05, 0) is 48.4 Å². The van der Waals surface area contributed by atoms with Gasteiger partial charge in [-0.25, -0.2) is 0 Å². The van der Waals surface area contributed by atoms with Crippen molar-refractivity contribution in [1.82, 2.24) is 0 Å². The number of benzene rings is 2. The van der Waals surface area contributed by atoms with E-state index in [1.54, 1.807) is 7.11 Å². The summed E-state index contributed by atoms with van der Waals surface area (Å²) in [5.41, 5.74) is 5.08. The molecule has 0 N–H and O–H groups in total. The second kappa shape index (κ2) is 8.21. The highest BCUT2D eigenvalue weighted by Gasteiger charge is 2.09. The maximum Gasteiger partial charge on any atom is 0.0487 e. The fraction of sp³-hybridized carbons (Fsp3) is 0.368. The van der Waals surface area contributed by atoms with Crippen LogP contribution in [0.4, 0.5) is 0 Å². The van der Waals surface area contributed by atoms with Crippen molar-refractivity contribution in [1.29, 1.82) is 0 Å². The fourth-order valence-electron chi connectivity index (χ4n) is 2.61. The van der Waals surface area contributed by atoms with E-state index in [9.17, 15) is 0 Å². The average Bonchev–Trinajstić information content (AvgIpc) is 2.51. The standard InChI is InChI=1S/C19H23ClO/c1-3-15-8-6-11-17(14-15)19-16(9-4-5-13-21-2)10-7-12-18(19)20/h6-8,10-12,14H,3-5,9,13H2,1-2H3. The van der Waals surface area contributed by atoms with E-state index >= 15 is 0 Å². The summed E-state index contributed by atoms with van der Waals surface area (Å²) in [5.74, 6) is 0. The van der Waals surface area contributed by atoms with E-state index in [0.717, 1.165) is 37.3 Å². The first-order valence-corrected chi connectivity index (χ1v) is 7.99. The molecule has 0 aliphatic carbocycles. The molecule has 112 valence electrons. The van der Waals surface area contributed by atoms with E-state index in [1.807, 2.05) is 12.1 Å². The third-order valence-corrected chi connectivity index (χ3v) is 4.08. The molecule has 0 aliphatic rings. The monoisotopic (exact) mass is 302 g/mol. The number of unbranched alkanes of at least 4 members (excludes halogenated alkanes) is 1. The van der Waals surface area contributed by atoms with Gasteiger partial charge in [0.25, 0.3) is 0 Å². The van der Waals surface area contributed by atoms with Crippen molar-refractivity contribution in [2.45, 2.75) is 32.6 Å². The first kappa shape index (κ1) is 16.1. The van der Waals surface area contributed by atoms with Crippen molar-refractivity contribution in [3.8, 4) is 11.1 Å². The lowest BCUT2D eigenvalue weighted by atomic mass is 9.94. The lowest BCUT2D eigenvalue weighted by molar-refractivity contribution is 0.193. The van der Waals surface area contributed by atoms with Crippen LogP contribution < -0.4 is 0 Å². The minimum atomic E-state index is 0.821. The summed E-state index contributed by atoms with van der Waals surface area (Å²) in [6.45, 7) is 3.00. The first-order chi connectivity index (χ1) is 10.3. The molecule has 2 rings (SSSR count). The normalized spacial score (nSPS) is 10.8. The fourth-order valence-corrected chi connectivity index (χ4v) is 2.91. The largest absolute Gasteiger partial charge is 0.385 e. The Labute approximate surface area is 132 Å². The van der Waals surface area contributed by atoms with Crippen LogP contribution in [-0.4, -0.2) is 13.7 Å². The molecule has 21 heavy (non-hydrogen) atoms. The van der Waals surface area contributed by atoms with E-state index in [0.29, 0.717) is 0 Å². The van der Waals surface area contributed by atoms with Gasteiger partial charge in [0.15, 0.2) is 0 Å². The second-order valence-corrected chi connectivity index (χ2v) is 5.68. The van der Waals surface area contributed by atoms with Gasteiger partial charge in [-0.1, -0.05) is 54.9 Å². The molecule has 0 saturated heterocycles. The third-order valence-electron chi connectivity index (χ3n) is 3.77. The van der Waals surface area contributed by atoms with Crippen molar-refractivity contribution in [2.24, 2.45) is 0 Å². The van der Waals surface area contributed by atoms with Gasteiger partial charge >= 0.3 is 0 Å². The SMILES string of the molecule is CCc1cccc(-c2c(Cl)cccc2CCCCOC)c1. The highest BCUT2D eigenvalue weighted by Crippen LogP contribution is 2.32. The molecule has 2 heteroatoms. The van der Waals surface area contributed by atoms with Gasteiger partial charge in [-0.3, -0.25) is 0 Å². The Bertz CT molecular complexity index is 578. The molecule has 2 aromatic rings. The van der Waals surface area contributed by atoms with E-state index < -0.39 is 0 Å². The van der Waals surface area contributed by atoms with Crippen molar-refractivity contribution >= 4 is 11.6 Å². The topological polar surface area (TPSA) is 9.23 Å². The summed E-state index contributed by atoms with van der Waals surface area (Å²) >= 11 is 6.47. The van der Waals surface area contributed by atoms with Crippen molar-refractivity contribution in [3.05, 3.63) is 58.6 Å². The lowest BCUT2D eigenvalue weighted by Gasteiger charge is -2.13. The predicted octanol–water partition coefficient (Wildman–Crippen LogP) is 5.54. The third kappa shape index (κ3) is 4.33. The maximum absolute atomic E-state index is 6.47. The Morgan fingerprint density at radius 1 is 1.05 bits per heavy atom. The molecule has 2 aromatic carbocycles. The highest BCUT2D eigenvalue weighted by atomic mass is 35.5. The highest BCUT2D eigenvalue weighted by molar-refractivity contribution is 6.33. The summed E-state index contributed by atoms with van der Waals surface area (Å²) in [7, 11) is 1.75. The van der Waals surface area contributed by atoms with Crippen molar-refractivity contribution in [3.63, 3.8) is 0 Å². The molecular formula is C19H23ClO. The van der Waals surface area contributed by atoms with Gasteiger partial charge in [0.2, 0.25) is 0 Å². The van der Waals surface area contributed by atoms with Crippen LogP contribution in [0.1, 0.15) is 30.9 Å². The first-order valence-electron chi connectivity index (χ1n) is 7.62. The summed E-state index contributed by atoms with van der Waals surface area (Å²) in [5, 5.41) is 0.840. The van der Waals surface area contributed by atoms with Crippen LogP contribution in [0.2, 0.25) is 5.02 Å². The van der Waals surface area contributed by atoms with Gasteiger partial charge in [-0.2, -0.15) is 0 Å². The summed E-state index contributed by atoms with van der Waals surface area (Å²) in [6.07, 6.45) is 4.28. The zero-order valence-corrected chi connectivity index (χ0v) is 13.6. The van der Waals surface area contributed by atoms with E-state index in [-0.39, 0.29) is 0 Å². The lowest BCUT2D eigenvalue weighted by Crippen LogP contribution is -1.95. The van der Waals surface area contributed by atoms with Crippen LogP contribution in [0, 0.1) is 0 Å². The van der Waals surface area contributed by atoms with Crippen LogP contribution in [0.5, 0.6) is 0 Å². The molecule has 0 unspecified atom stereocenters. The van der Waals surface area contributed by atoms with Gasteiger partial charge in [0.1, 0.15) is 0 Å². The Hall–Kier alpha value is -1.31. The van der Waals surface area contributed by atoms with Crippen molar-refractivity contribution < 1.29 is 4.74 Å². The molecule has 0 spiro atoms. The number of rotatable bonds is 7. The smallest absolute Gasteiger partial charge is 0.0487 e. The predicted molar refractivity (Wildman–Crippen MR) is 91.1 cm³/mol. The minimum absolute atomic E-state index is 0.821. The van der Waals surface area contributed by atoms with Crippen LogP contribution in [-0.2, 0) is 17.6 Å². The molecular weight excluding hydrogens is 280 g/mol. The molecule has 0 heterocycles. The summed E-state index contributed by atoms with van der Waals surface area (Å²) in [6, 6.07) is 14.9. The zero-order chi connectivity index (χ0) is 15.1. The number of halogens is 1. The Morgan fingerprint density at radius 2 is 1.86 bits per heavy atom. The molecule has 1 nitrogen and oxygen atoms in total. The summed E-state index contributed by atoms with van der Waals surface area (Å²) in [4.78, 5) is 0. The molecule has 0 aliphatic heterocycles. The number of methoxy groups -OCH3 is 1. The van der Waals surface area contributed by atoms with Crippen LogP contribution in [0.3, 0.4) is 0 Å². The maximum atomic E-state index is 6.47. The van der Waals surface area contributed by atoms with Gasteiger partial charge in [-0.15, -0.1) is 0 Å². The second-order valence-electron chi connectivity index (χ2n) is 5.28. The molecule has 0 bridgehead atoms. The Kier molecular flexibility index (Phi) is 6.28. The average molecular weight is 303 g/mol. The molecule has 0 saturated carbocycles. The number of hydrogen-bond acceptors (Lipinski definition) is 1. The van der Waals surface area contributed by atoms with E-state index in [1.165, 1.54) is 22.3 Å². The quantitative estimate of drug-likeness (QED) is 0.610. The Morgan fingerprint density at radius 3 is 2.62 bits per heavy atom. The van der Waals surface area contributed by atoms with E-state index in [2.05, 4.69) is 37.3 Å². The van der Waals surface area contributed by atoms with Crippen LogP contribution in [0.15, 0.2) is 42.5 Å². The van der Waals surface area contributed by atoms with Gasteiger partial charge in [0, 0.05) is 24.3 Å². The number of aryl methyl sites for hydroxylation is 2. The molecule has 0 fully saturated rings. The van der Waals surface area contributed by atoms with Gasteiger partial charge < -0.3 is 4.74 Å². The number of hydrogen-bond donors (Lipinski definition) is 0. The Balaban J connectivity index is 2.28. The van der Waals surface area contributed by atoms with E-state index in [4.69, 9.17) is 16.3 Å². The van der Waals surface area contributed by atoms with Crippen LogP contribution in [0.25, 0.3) is 11.1 Å². The molecule has 0 radical (unpaired) electrons. The minimum Gasteiger partial charge on any atom is -0.385 e. The summed E-state index contributed by atoms with van der Waals surface area (Å²) < 4.78 is 5.12. The number of ether oxygens (including phenoxy) is 1. The molecule has 0 atom stereocenters. The van der Waals surface area contributed by atoms with Crippen LogP contribution >= 0.6 is 11.6 Å². The molecule has 0 aromatic heterocycles. The molecule has 0 amide bonds. The van der Waals surface area contributed by atoms with Crippen molar-refractivity contribution in [2.75, 3.05) is 13.7 Å². The zero-order valence-electron chi connectivity index (χ0n) is 12.9. The van der Waals surface area contributed by atoms with Gasteiger partial charge in [0.05, 0.1) is 0 Å².